The number of fused-ring (bicyclic) bond motifs is 1. The van der Waals surface area contributed by atoms with Crippen LogP contribution >= 0.6 is 46.1 Å². The maximum atomic E-state index is 12.5. The third kappa shape index (κ3) is 4.85. The second kappa shape index (κ2) is 8.88. The van der Waals surface area contributed by atoms with E-state index in [4.69, 9.17) is 39.5 Å². The molecule has 10 heteroatoms. The summed E-state index contributed by atoms with van der Waals surface area (Å²) in [4.78, 5) is 25.8. The average Bonchev–Trinajstić information content (AvgIpc) is 3.27. The third-order valence-corrected chi connectivity index (χ3v) is 6.08. The summed E-state index contributed by atoms with van der Waals surface area (Å²) >= 11 is 19.0. The number of nitrogens with zero attached hydrogens (tertiary/aromatic N) is 2. The largest absolute Gasteiger partial charge is 0.451 e. The number of ether oxygens (including phenoxy) is 1. The number of carbonyl (C=O) groups excluding carboxylic acids is 2. The molecule has 2 aromatic carbocycles. The molecule has 6 nitrogen and oxygen atoms in total. The highest BCUT2D eigenvalue weighted by atomic mass is 35.5. The Bertz CT molecular complexity index is 1280. The van der Waals surface area contributed by atoms with Crippen LogP contribution < -0.4 is 5.32 Å². The monoisotopic (exact) mass is 493 g/mol. The SMILES string of the molecule is Cc1nn(-c2ccc(Cl)cc2)c2sc(C(=O)OCC(=O)Nc3cc(Cl)cc(Cl)c3)cc12. The fraction of sp³-hybridized carbons (Fsp3) is 0.0952. The van der Waals surface area contributed by atoms with E-state index < -0.39 is 18.5 Å². The van der Waals surface area contributed by atoms with Crippen molar-refractivity contribution in [3.8, 4) is 5.69 Å². The first-order valence-corrected chi connectivity index (χ1v) is 10.9. The van der Waals surface area contributed by atoms with E-state index >= 15 is 0 Å². The van der Waals surface area contributed by atoms with Crippen molar-refractivity contribution in [1.82, 2.24) is 9.78 Å². The number of carbonyl (C=O) groups is 2. The van der Waals surface area contributed by atoms with Gasteiger partial charge >= 0.3 is 5.97 Å². The lowest BCUT2D eigenvalue weighted by molar-refractivity contribution is -0.119. The second-order valence-corrected chi connectivity index (χ2v) is 8.93. The first-order chi connectivity index (χ1) is 14.8. The highest BCUT2D eigenvalue weighted by Crippen LogP contribution is 2.31. The predicted molar refractivity (Wildman–Crippen MR) is 124 cm³/mol. The van der Waals surface area contributed by atoms with Gasteiger partial charge in [0.1, 0.15) is 9.71 Å². The van der Waals surface area contributed by atoms with E-state index in [1.165, 1.54) is 11.3 Å². The fourth-order valence-electron chi connectivity index (χ4n) is 2.93. The number of hydrogen-bond donors (Lipinski definition) is 1. The number of anilines is 1. The second-order valence-electron chi connectivity index (χ2n) is 6.59. The molecule has 2 aromatic heterocycles. The topological polar surface area (TPSA) is 73.2 Å². The van der Waals surface area contributed by atoms with E-state index in [-0.39, 0.29) is 0 Å². The minimum Gasteiger partial charge on any atom is -0.451 e. The number of thiophene rings is 1. The molecule has 0 atom stereocenters. The van der Waals surface area contributed by atoms with Gasteiger partial charge in [-0.2, -0.15) is 5.10 Å². The summed E-state index contributed by atoms with van der Waals surface area (Å²) in [5.41, 5.74) is 2.01. The van der Waals surface area contributed by atoms with E-state index in [1.807, 2.05) is 19.1 Å². The molecule has 0 unspecified atom stereocenters. The molecule has 1 N–H and O–H groups in total. The zero-order valence-corrected chi connectivity index (χ0v) is 19.1. The number of hydrogen-bond acceptors (Lipinski definition) is 5. The van der Waals surface area contributed by atoms with Crippen molar-refractivity contribution in [2.45, 2.75) is 6.92 Å². The van der Waals surface area contributed by atoms with Crippen LogP contribution in [0.3, 0.4) is 0 Å². The number of rotatable bonds is 5. The van der Waals surface area contributed by atoms with E-state index in [2.05, 4.69) is 10.4 Å². The van der Waals surface area contributed by atoms with Gasteiger partial charge in [-0.3, -0.25) is 4.79 Å². The van der Waals surface area contributed by atoms with Crippen molar-refractivity contribution < 1.29 is 14.3 Å². The molecule has 0 saturated heterocycles. The molecule has 2 heterocycles. The summed E-state index contributed by atoms with van der Waals surface area (Å²) in [5, 5.41) is 9.35. The van der Waals surface area contributed by atoms with Crippen molar-refractivity contribution in [3.05, 3.63) is 74.2 Å². The smallest absolute Gasteiger partial charge is 0.348 e. The van der Waals surface area contributed by atoms with Crippen molar-refractivity contribution in [3.63, 3.8) is 0 Å². The maximum absolute atomic E-state index is 12.5. The first-order valence-electron chi connectivity index (χ1n) is 8.98. The summed E-state index contributed by atoms with van der Waals surface area (Å²) in [6, 6.07) is 13.6. The van der Waals surface area contributed by atoms with Gasteiger partial charge in [0.2, 0.25) is 0 Å². The Balaban J connectivity index is 1.47. The quantitative estimate of drug-likeness (QED) is 0.338. The lowest BCUT2D eigenvalue weighted by Crippen LogP contribution is -2.20. The Morgan fingerprint density at radius 3 is 2.39 bits per heavy atom. The normalized spacial score (nSPS) is 11.0. The van der Waals surface area contributed by atoms with E-state index in [9.17, 15) is 9.59 Å². The Morgan fingerprint density at radius 2 is 1.71 bits per heavy atom. The van der Waals surface area contributed by atoms with Crippen LogP contribution in [-0.2, 0) is 9.53 Å². The van der Waals surface area contributed by atoms with Crippen LogP contribution in [0.2, 0.25) is 15.1 Å². The summed E-state index contributed by atoms with van der Waals surface area (Å²) in [6.45, 7) is 1.42. The maximum Gasteiger partial charge on any atom is 0.348 e. The fourth-order valence-corrected chi connectivity index (χ4v) is 4.66. The molecular formula is C21H14Cl3N3O3S. The summed E-state index contributed by atoms with van der Waals surface area (Å²) in [7, 11) is 0. The zero-order valence-electron chi connectivity index (χ0n) is 16.0. The zero-order chi connectivity index (χ0) is 22.1. The molecule has 0 saturated carbocycles. The highest BCUT2D eigenvalue weighted by Gasteiger charge is 2.19. The van der Waals surface area contributed by atoms with Crippen LogP contribution in [0, 0.1) is 6.92 Å². The van der Waals surface area contributed by atoms with E-state index in [0.717, 1.165) is 21.6 Å². The van der Waals surface area contributed by atoms with Crippen molar-refractivity contribution in [1.29, 1.82) is 0 Å². The van der Waals surface area contributed by atoms with Crippen LogP contribution in [0.4, 0.5) is 5.69 Å². The lowest BCUT2D eigenvalue weighted by atomic mass is 10.3. The molecule has 0 aliphatic rings. The van der Waals surface area contributed by atoms with Gasteiger partial charge in [0.05, 0.1) is 11.4 Å². The Hall–Kier alpha value is -2.58. The summed E-state index contributed by atoms with van der Waals surface area (Å²) in [6.07, 6.45) is 0. The van der Waals surface area contributed by atoms with Gasteiger partial charge in [-0.1, -0.05) is 34.8 Å². The Kier molecular flexibility index (Phi) is 6.20. The molecule has 0 fully saturated rings. The highest BCUT2D eigenvalue weighted by molar-refractivity contribution is 7.20. The van der Waals surface area contributed by atoms with E-state index in [0.29, 0.717) is 25.6 Å². The van der Waals surface area contributed by atoms with Gasteiger partial charge in [0.15, 0.2) is 6.61 Å². The molecule has 0 aliphatic carbocycles. The number of benzene rings is 2. The number of esters is 1. The number of halogens is 3. The number of amides is 1. The number of nitrogens with one attached hydrogen (secondary N) is 1. The van der Waals surface area contributed by atoms with Crippen LogP contribution in [0.1, 0.15) is 15.4 Å². The van der Waals surface area contributed by atoms with E-state index in [1.54, 1.807) is 41.1 Å². The molecule has 1 amide bonds. The minimum absolute atomic E-state index is 0.372. The lowest BCUT2D eigenvalue weighted by Gasteiger charge is -2.07. The summed E-state index contributed by atoms with van der Waals surface area (Å²) in [5.74, 6) is -1.10. The molecule has 4 aromatic rings. The number of aromatic nitrogens is 2. The third-order valence-electron chi connectivity index (χ3n) is 4.30. The minimum atomic E-state index is -0.595. The standard InChI is InChI=1S/C21H14Cl3N3O3S/c1-11-17-9-18(31-20(17)27(26-11)16-4-2-12(22)3-5-16)21(29)30-10-19(28)25-15-7-13(23)6-14(24)8-15/h2-9H,10H2,1H3,(H,25,28). The molecule has 0 spiro atoms. The molecule has 0 radical (unpaired) electrons. The van der Waals surface area contributed by atoms with Crippen molar-refractivity contribution in [2.24, 2.45) is 0 Å². The van der Waals surface area contributed by atoms with Crippen LogP contribution in [0.15, 0.2) is 48.5 Å². The van der Waals surface area contributed by atoms with Gasteiger partial charge in [-0.25, -0.2) is 9.48 Å². The van der Waals surface area contributed by atoms with Gasteiger partial charge in [-0.05, 0) is 55.5 Å². The van der Waals surface area contributed by atoms with Gasteiger partial charge in [0, 0.05) is 26.1 Å². The average molecular weight is 495 g/mol. The molecule has 4 rings (SSSR count). The molecule has 31 heavy (non-hydrogen) atoms. The van der Waals surface area contributed by atoms with Crippen LogP contribution in [0.25, 0.3) is 15.9 Å². The molecular weight excluding hydrogens is 481 g/mol. The Labute approximate surface area is 196 Å². The summed E-state index contributed by atoms with van der Waals surface area (Å²) < 4.78 is 6.92. The van der Waals surface area contributed by atoms with Crippen LogP contribution in [-0.4, -0.2) is 28.3 Å². The van der Waals surface area contributed by atoms with Gasteiger partial charge in [0.25, 0.3) is 5.91 Å². The van der Waals surface area contributed by atoms with Gasteiger partial charge in [-0.15, -0.1) is 11.3 Å². The molecule has 158 valence electrons. The Morgan fingerprint density at radius 1 is 1.03 bits per heavy atom. The number of aryl methyl sites for hydroxylation is 1. The van der Waals surface area contributed by atoms with Crippen molar-refractivity contribution in [2.75, 3.05) is 11.9 Å². The molecule has 0 bridgehead atoms. The van der Waals surface area contributed by atoms with Gasteiger partial charge < -0.3 is 10.1 Å². The van der Waals surface area contributed by atoms with Crippen LogP contribution in [0.5, 0.6) is 0 Å². The van der Waals surface area contributed by atoms with Crippen molar-refractivity contribution >= 4 is 73.9 Å². The predicted octanol–water partition coefficient (Wildman–Crippen LogP) is 6.15. The first kappa shape index (κ1) is 21.6. The molecule has 0 aliphatic heterocycles.